The Hall–Kier alpha value is -3.00. The summed E-state index contributed by atoms with van der Waals surface area (Å²) in [6.45, 7) is 1.06. The third-order valence-electron chi connectivity index (χ3n) is 5.76. The SMILES string of the molecule is COc1ccccc1CCNC1CCC(C(=O)C(F)(F)F)=CN1CCc1ccccc1OC. The molecule has 1 aliphatic heterocycles. The molecule has 1 aliphatic rings. The van der Waals surface area contributed by atoms with Crippen LogP contribution in [0, 0.1) is 0 Å². The van der Waals surface area contributed by atoms with Crippen LogP contribution in [0.2, 0.25) is 0 Å². The summed E-state index contributed by atoms with van der Waals surface area (Å²) in [6.07, 6.45) is -1.92. The Morgan fingerprint density at radius 3 is 2.15 bits per heavy atom. The van der Waals surface area contributed by atoms with Gasteiger partial charge in [0.25, 0.3) is 5.78 Å². The number of halogens is 3. The van der Waals surface area contributed by atoms with E-state index < -0.39 is 12.0 Å². The van der Waals surface area contributed by atoms with Crippen LogP contribution in [0.1, 0.15) is 24.0 Å². The van der Waals surface area contributed by atoms with Gasteiger partial charge < -0.3 is 14.4 Å². The Morgan fingerprint density at radius 1 is 1.00 bits per heavy atom. The van der Waals surface area contributed by atoms with Gasteiger partial charge in [0.2, 0.25) is 0 Å². The molecular weight excluding hydrogens is 433 g/mol. The Morgan fingerprint density at radius 2 is 1.58 bits per heavy atom. The molecule has 1 N–H and O–H groups in total. The molecule has 2 aromatic rings. The van der Waals surface area contributed by atoms with Gasteiger partial charge in [0, 0.05) is 24.9 Å². The van der Waals surface area contributed by atoms with Crippen molar-refractivity contribution < 1.29 is 27.4 Å². The summed E-state index contributed by atoms with van der Waals surface area (Å²) in [6, 6.07) is 15.3. The van der Waals surface area contributed by atoms with Crippen molar-refractivity contribution in [3.63, 3.8) is 0 Å². The van der Waals surface area contributed by atoms with Crippen LogP contribution < -0.4 is 14.8 Å². The first-order valence-electron chi connectivity index (χ1n) is 10.9. The average molecular weight is 463 g/mol. The van der Waals surface area contributed by atoms with Crippen LogP contribution in [0.3, 0.4) is 0 Å². The first kappa shape index (κ1) is 24.6. The van der Waals surface area contributed by atoms with Crippen LogP contribution >= 0.6 is 0 Å². The highest BCUT2D eigenvalue weighted by molar-refractivity contribution is 5.99. The number of ketones is 1. The first-order valence-corrected chi connectivity index (χ1v) is 10.9. The molecule has 0 spiro atoms. The number of carbonyl (C=O) groups excluding carboxylic acids is 1. The summed E-state index contributed by atoms with van der Waals surface area (Å²) in [5, 5.41) is 3.44. The third-order valence-corrected chi connectivity index (χ3v) is 5.76. The number of para-hydroxylation sites is 2. The Bertz CT molecular complexity index is 975. The lowest BCUT2D eigenvalue weighted by molar-refractivity contribution is -0.167. The summed E-state index contributed by atoms with van der Waals surface area (Å²) in [5.74, 6) is -0.239. The number of nitrogens with zero attached hydrogens (tertiary/aromatic N) is 1. The van der Waals surface area contributed by atoms with Crippen LogP contribution in [0.25, 0.3) is 0 Å². The standard InChI is InChI=1S/C25H29F3N2O3/c1-32-21-9-5-3-7-18(21)13-15-29-23-12-11-20(24(31)25(26,27)28)17-30(23)16-14-19-8-4-6-10-22(19)33-2/h3-10,17,23,29H,11-16H2,1-2H3. The first-order chi connectivity index (χ1) is 15.8. The molecule has 33 heavy (non-hydrogen) atoms. The molecule has 5 nitrogen and oxygen atoms in total. The second-order valence-electron chi connectivity index (χ2n) is 7.85. The lowest BCUT2D eigenvalue weighted by Crippen LogP contribution is -2.47. The highest BCUT2D eigenvalue weighted by atomic mass is 19.4. The zero-order valence-electron chi connectivity index (χ0n) is 18.8. The number of ether oxygens (including phenoxy) is 2. The van der Waals surface area contributed by atoms with E-state index in [1.807, 2.05) is 48.5 Å². The predicted molar refractivity (Wildman–Crippen MR) is 120 cm³/mol. The summed E-state index contributed by atoms with van der Waals surface area (Å²) in [7, 11) is 3.21. The van der Waals surface area contributed by atoms with Gasteiger partial charge in [-0.15, -0.1) is 0 Å². The Kier molecular flexibility index (Phi) is 8.38. The molecule has 1 unspecified atom stereocenters. The number of hydrogen-bond acceptors (Lipinski definition) is 5. The van der Waals surface area contributed by atoms with Gasteiger partial charge in [-0.1, -0.05) is 36.4 Å². The number of hydrogen-bond donors (Lipinski definition) is 1. The van der Waals surface area contributed by atoms with Crippen molar-refractivity contribution in [1.29, 1.82) is 0 Å². The van der Waals surface area contributed by atoms with Crippen LogP contribution in [0.5, 0.6) is 11.5 Å². The van der Waals surface area contributed by atoms with Gasteiger partial charge in [-0.05, 0) is 48.9 Å². The number of allylic oxidation sites excluding steroid dienone is 1. The minimum atomic E-state index is -4.87. The van der Waals surface area contributed by atoms with E-state index in [9.17, 15) is 18.0 Å². The second kappa shape index (κ2) is 11.2. The number of alkyl halides is 3. The molecule has 0 aliphatic carbocycles. The number of rotatable bonds is 10. The lowest BCUT2D eigenvalue weighted by Gasteiger charge is -2.36. The van der Waals surface area contributed by atoms with Crippen molar-refractivity contribution in [2.75, 3.05) is 27.3 Å². The highest BCUT2D eigenvalue weighted by Gasteiger charge is 2.41. The normalized spacial score (nSPS) is 16.3. The zero-order valence-corrected chi connectivity index (χ0v) is 18.8. The molecule has 2 aromatic carbocycles. The summed E-state index contributed by atoms with van der Waals surface area (Å²) >= 11 is 0. The van der Waals surface area contributed by atoms with Crippen molar-refractivity contribution in [3.8, 4) is 11.5 Å². The van der Waals surface area contributed by atoms with Gasteiger partial charge in [0.15, 0.2) is 0 Å². The van der Waals surface area contributed by atoms with E-state index in [1.54, 1.807) is 19.1 Å². The zero-order chi connectivity index (χ0) is 23.8. The topological polar surface area (TPSA) is 50.8 Å². The minimum absolute atomic E-state index is 0.0792. The van der Waals surface area contributed by atoms with E-state index in [0.29, 0.717) is 32.4 Å². The smallest absolute Gasteiger partial charge is 0.454 e. The van der Waals surface area contributed by atoms with Crippen LogP contribution in [-0.2, 0) is 17.6 Å². The maximum Gasteiger partial charge on any atom is 0.454 e. The molecule has 0 aromatic heterocycles. The molecule has 178 valence electrons. The van der Waals surface area contributed by atoms with Gasteiger partial charge in [0.05, 0.1) is 20.4 Å². The Balaban J connectivity index is 1.72. The van der Waals surface area contributed by atoms with Crippen LogP contribution in [0.4, 0.5) is 13.2 Å². The van der Waals surface area contributed by atoms with Gasteiger partial charge >= 0.3 is 6.18 Å². The van der Waals surface area contributed by atoms with E-state index in [-0.39, 0.29) is 18.2 Å². The Labute approximate surface area is 192 Å². The fourth-order valence-corrected chi connectivity index (χ4v) is 4.05. The minimum Gasteiger partial charge on any atom is -0.496 e. The highest BCUT2D eigenvalue weighted by Crippen LogP contribution is 2.28. The molecule has 0 amide bonds. The van der Waals surface area contributed by atoms with Gasteiger partial charge in [0.1, 0.15) is 11.5 Å². The number of benzene rings is 2. The largest absolute Gasteiger partial charge is 0.496 e. The summed E-state index contributed by atoms with van der Waals surface area (Å²) < 4.78 is 49.8. The maximum atomic E-state index is 13.0. The van der Waals surface area contributed by atoms with Crippen molar-refractivity contribution in [1.82, 2.24) is 10.2 Å². The van der Waals surface area contributed by atoms with Crippen molar-refractivity contribution in [2.24, 2.45) is 0 Å². The summed E-state index contributed by atoms with van der Waals surface area (Å²) in [5.41, 5.74) is 1.80. The molecule has 0 fully saturated rings. The molecule has 0 bridgehead atoms. The number of Topliss-reactive ketones (excluding diaryl/α,β-unsaturated/α-hetero) is 1. The average Bonchev–Trinajstić information content (AvgIpc) is 2.82. The van der Waals surface area contributed by atoms with Crippen molar-refractivity contribution >= 4 is 5.78 Å². The predicted octanol–water partition coefficient (Wildman–Crippen LogP) is 4.52. The molecule has 0 radical (unpaired) electrons. The van der Waals surface area contributed by atoms with E-state index in [1.165, 1.54) is 6.20 Å². The fraction of sp³-hybridized carbons (Fsp3) is 0.400. The van der Waals surface area contributed by atoms with Crippen molar-refractivity contribution in [2.45, 2.75) is 38.0 Å². The van der Waals surface area contributed by atoms with E-state index in [0.717, 1.165) is 22.6 Å². The van der Waals surface area contributed by atoms with Gasteiger partial charge in [-0.3, -0.25) is 10.1 Å². The second-order valence-corrected chi connectivity index (χ2v) is 7.85. The van der Waals surface area contributed by atoms with Gasteiger partial charge in [-0.2, -0.15) is 13.2 Å². The molecule has 0 saturated carbocycles. The van der Waals surface area contributed by atoms with Crippen LogP contribution in [-0.4, -0.2) is 50.3 Å². The van der Waals surface area contributed by atoms with Gasteiger partial charge in [-0.25, -0.2) is 0 Å². The van der Waals surface area contributed by atoms with E-state index >= 15 is 0 Å². The molecular formula is C25H29F3N2O3. The monoisotopic (exact) mass is 462 g/mol. The number of methoxy groups -OCH3 is 2. The lowest BCUT2D eigenvalue weighted by atomic mass is 9.99. The van der Waals surface area contributed by atoms with Crippen molar-refractivity contribution in [3.05, 3.63) is 71.4 Å². The fourth-order valence-electron chi connectivity index (χ4n) is 4.05. The molecule has 0 saturated heterocycles. The summed E-state index contributed by atoms with van der Waals surface area (Å²) in [4.78, 5) is 13.6. The molecule has 3 rings (SSSR count). The van der Waals surface area contributed by atoms with Crippen LogP contribution in [0.15, 0.2) is 60.3 Å². The molecule has 1 atom stereocenters. The van der Waals surface area contributed by atoms with E-state index in [4.69, 9.17) is 9.47 Å². The number of carbonyl (C=O) groups is 1. The maximum absolute atomic E-state index is 13.0. The molecule has 8 heteroatoms. The third kappa shape index (κ3) is 6.51. The van der Waals surface area contributed by atoms with E-state index in [2.05, 4.69) is 5.32 Å². The quantitative estimate of drug-likeness (QED) is 0.563. The number of nitrogens with one attached hydrogen (secondary N) is 1. The molecule has 1 heterocycles.